The monoisotopic (exact) mass is 1920 g/mol. The van der Waals surface area contributed by atoms with Gasteiger partial charge < -0.3 is 110 Å². The van der Waals surface area contributed by atoms with Gasteiger partial charge in [-0.3, -0.25) is 53.4 Å². The van der Waals surface area contributed by atoms with Crippen LogP contribution in [0.4, 0.5) is 20.1 Å². The number of amides is 9. The van der Waals surface area contributed by atoms with Gasteiger partial charge in [0.25, 0.3) is 0 Å². The largest absolute Gasteiger partial charge is 0.508 e. The molecule has 5 fully saturated rings. The summed E-state index contributed by atoms with van der Waals surface area (Å²) in [5.41, 5.74) is -4.76. The number of Topliss-reactive ketones (excluding diaryl/α,β-unsaturated/α-hetero) is 3. The van der Waals surface area contributed by atoms with Gasteiger partial charge in [0.05, 0.1) is 34.5 Å². The first-order chi connectivity index (χ1) is 63.9. The van der Waals surface area contributed by atoms with Crippen LogP contribution >= 0.6 is 23.2 Å². The number of aliphatic hydroxyl groups is 5. The van der Waals surface area contributed by atoms with Crippen molar-refractivity contribution >= 4 is 100.0 Å². The lowest BCUT2D eigenvalue weighted by Crippen LogP contribution is -2.59. The number of phenols is 3. The van der Waals surface area contributed by atoms with Gasteiger partial charge in [-0.1, -0.05) is 55.2 Å². The summed E-state index contributed by atoms with van der Waals surface area (Å²) in [6.07, 6.45) is -15.8. The van der Waals surface area contributed by atoms with Crippen LogP contribution in [0.5, 0.6) is 51.7 Å². The minimum absolute atomic E-state index is 0.0102. The summed E-state index contributed by atoms with van der Waals surface area (Å²) in [6, 6.07) is 9.22. The summed E-state index contributed by atoms with van der Waals surface area (Å²) in [4.78, 5) is 183. The number of esters is 1. The molecule has 0 aromatic heterocycles. The van der Waals surface area contributed by atoms with Crippen molar-refractivity contribution in [2.75, 3.05) is 32.6 Å². The van der Waals surface area contributed by atoms with E-state index in [-0.39, 0.29) is 112 Å². The quantitative estimate of drug-likeness (QED) is 0.0249. The SMILES string of the molecule is CC(C)C[C@H](C(=O)N[C@H]1C(=O)C[C@@H](CC(=O)NC(=O)Nc2ccc(OCCN(C)C(=O)OC(C)(C)C)cc2)C(=O)N[C@H]2C(=O)C[C@H]3C(=O)N[C@H](C(=O)N[C@H](C(=O)CC4C5CC6CC(C5)CC4C6)c4cc(O)cc(O)c4-c4cc3ccc4O)[C@H](O)c3ccc(c(Cl)c3)Oc3cc2cc(c3O[C@@H]2O[C@H](CCC(=O)OC(C)(C)C)[C@@H](O)[C@H](O)[C@H]2O)Oc2ccc(cc2Cl)[C@H]1O)N(C)C(=O)OC(C)(C)C. The van der Waals surface area contributed by atoms with E-state index >= 15 is 33.6 Å². The molecule has 36 nitrogen and oxygen atoms in total. The van der Waals surface area contributed by atoms with E-state index in [1.54, 1.807) is 76.2 Å². The Morgan fingerprint density at radius 2 is 1.19 bits per heavy atom. The van der Waals surface area contributed by atoms with Crippen LogP contribution in [0, 0.1) is 41.4 Å². The fourth-order valence-corrected chi connectivity index (χ4v) is 19.4. The standard InChI is InChI=1S/C98H118Cl2N8O28/c1-45(2)28-64(108(13)95(128)136-98(9,10)11)90(124)105-80-67(112)37-54(40-75(115)102-93(126)101-55-17-19-57(20-18-55)129-27-26-107(12)94(127)135-97(6,7)8)88(122)103-78-53-38-73(130-70-22-15-49(82(80)117)35-62(70)99)87(133-92-86(121)85(120)84(119)72(132-92)24-25-76(116)134-96(3,4)5)74(39-53)131-71-23-16-50(36-63(71)100)83(118)81-91(125)104-79(69(114)43-58-51-30-46-29-47(32-51)33-52(58)31-46)61-41-56(109)42-66(111)77(61)60-34-48(14-21-65(60)110)59(44-68(78)113)89(123)106-81/h14-23,34-36,38-39,41-42,45-47,51-52,54,58-59,64,72,78-86,92,109-111,117-121H,24-33,37,40,43-44H2,1-13H3,(H,103,122)(H,104,125)(H,105,124)(H,106,123)(H2,101,102,115,126)/t46?,47?,51?,52?,54-,58?,59+,64+,72+,78+,79-,80-,81-,82+,83+,84+,85-,86+,92-/m0/s1. The lowest BCUT2D eigenvalue weighted by molar-refractivity contribution is -0.273. The van der Waals surface area contributed by atoms with E-state index in [0.29, 0.717) is 11.8 Å². The maximum atomic E-state index is 16.9. The molecule has 0 spiro atoms. The van der Waals surface area contributed by atoms with Gasteiger partial charge in [-0.05, 0) is 249 Å². The Bertz CT molecular complexity index is 5550. The number of anilines is 1. The second-order valence-electron chi connectivity index (χ2n) is 39.7. The molecule has 4 saturated carbocycles. The van der Waals surface area contributed by atoms with Gasteiger partial charge in [-0.15, -0.1) is 0 Å². The van der Waals surface area contributed by atoms with Crippen molar-refractivity contribution in [3.8, 4) is 62.9 Å². The van der Waals surface area contributed by atoms with Crippen LogP contribution in [-0.4, -0.2) is 215 Å². The normalized spacial score (nSPS) is 25.7. The van der Waals surface area contributed by atoms with Crippen molar-refractivity contribution < 1.29 is 136 Å². The summed E-state index contributed by atoms with van der Waals surface area (Å²) in [7, 11) is 2.79. The molecule has 0 unspecified atom stereocenters. The highest BCUT2D eigenvalue weighted by atomic mass is 35.5. The van der Waals surface area contributed by atoms with E-state index in [0.717, 1.165) is 79.5 Å². The smallest absolute Gasteiger partial charge is 0.410 e. The minimum atomic E-state index is -2.33. The van der Waals surface area contributed by atoms with E-state index in [1.807, 2.05) is 0 Å². The van der Waals surface area contributed by atoms with Gasteiger partial charge >= 0.3 is 24.2 Å². The number of nitrogens with zero attached hydrogens (tertiary/aromatic N) is 2. The molecule has 15 bridgehead atoms. The van der Waals surface area contributed by atoms with Gasteiger partial charge in [0, 0.05) is 69.1 Å². The number of phenolic OH excluding ortho intramolecular Hbond substituents is 3. The highest BCUT2D eigenvalue weighted by molar-refractivity contribution is 6.32. The number of urea groups is 1. The Hall–Kier alpha value is -11.9. The predicted octanol–water partition coefficient (Wildman–Crippen LogP) is 11.7. The van der Waals surface area contributed by atoms with Crippen LogP contribution in [0.15, 0.2) is 103 Å². The van der Waals surface area contributed by atoms with Gasteiger partial charge in [-0.2, -0.15) is 0 Å². The Balaban J connectivity index is 0.971. The Morgan fingerprint density at radius 3 is 1.79 bits per heavy atom. The number of ketones is 3. The van der Waals surface area contributed by atoms with Crippen molar-refractivity contribution in [1.29, 1.82) is 0 Å². The highest BCUT2D eigenvalue weighted by Gasteiger charge is 2.52. The number of likely N-dealkylation sites (N-methyl/N-ethyl adjacent to an activating group) is 2. The molecule has 0 radical (unpaired) electrons. The number of imide groups is 1. The third-order valence-corrected chi connectivity index (χ3v) is 25.9. The molecule has 6 aromatic rings. The van der Waals surface area contributed by atoms with Crippen molar-refractivity contribution in [1.82, 2.24) is 36.4 Å². The van der Waals surface area contributed by atoms with Gasteiger partial charge in [-0.25, -0.2) is 14.4 Å². The lowest BCUT2D eigenvalue weighted by atomic mass is 9.51. The van der Waals surface area contributed by atoms with Crippen LogP contribution in [0.2, 0.25) is 10.0 Å². The van der Waals surface area contributed by atoms with E-state index in [4.69, 9.17) is 61.1 Å². The number of rotatable bonds is 20. The van der Waals surface area contributed by atoms with E-state index in [1.165, 1.54) is 79.7 Å². The number of halogens is 2. The summed E-state index contributed by atoms with van der Waals surface area (Å²) in [6.45, 7) is 18.4. The number of nitrogens with one attached hydrogen (secondary N) is 6. The maximum absolute atomic E-state index is 16.9. The summed E-state index contributed by atoms with van der Waals surface area (Å²) >= 11 is 14.5. The lowest BCUT2D eigenvalue weighted by Gasteiger charge is -2.54. The first-order valence-electron chi connectivity index (χ1n) is 45.4. The molecule has 6 aliphatic heterocycles. The molecule has 6 aromatic carbocycles. The summed E-state index contributed by atoms with van der Waals surface area (Å²) in [5, 5.41) is 112. The summed E-state index contributed by atoms with van der Waals surface area (Å²) in [5.74, 6) is -17.8. The molecule has 14 atom stereocenters. The van der Waals surface area contributed by atoms with E-state index in [9.17, 15) is 64.8 Å². The molecule has 38 heteroatoms. The molecule has 14 N–H and O–H groups in total. The first kappa shape index (κ1) is 102. The van der Waals surface area contributed by atoms with E-state index < -0.39 is 249 Å². The third kappa shape index (κ3) is 24.4. The zero-order valence-corrected chi connectivity index (χ0v) is 79.2. The van der Waals surface area contributed by atoms with Gasteiger partial charge in [0.1, 0.15) is 119 Å². The summed E-state index contributed by atoms with van der Waals surface area (Å²) < 4.78 is 48.8. The topological polar surface area (TPSA) is 519 Å². The number of carbonyl (C=O) groups is 12. The number of ether oxygens (including phenoxy) is 8. The molecular formula is C98H118Cl2N8O28. The van der Waals surface area contributed by atoms with E-state index in [2.05, 4.69) is 31.9 Å². The average molecular weight is 1930 g/mol. The number of aliphatic hydroxyl groups excluding tert-OH is 5. The van der Waals surface area contributed by atoms with Gasteiger partial charge in [0.2, 0.25) is 41.6 Å². The molecule has 16 rings (SSSR count). The van der Waals surface area contributed by atoms with Crippen molar-refractivity contribution in [2.24, 2.45) is 41.4 Å². The number of benzene rings is 6. The molecule has 136 heavy (non-hydrogen) atoms. The number of fused-ring (bicyclic) bond motifs is 15. The molecule has 10 aliphatic rings. The highest BCUT2D eigenvalue weighted by Crippen LogP contribution is 2.59. The number of aromatic hydroxyl groups is 3. The zero-order valence-electron chi connectivity index (χ0n) is 77.7. The number of carbonyl (C=O) groups excluding carboxylic acids is 12. The zero-order chi connectivity index (χ0) is 98.9. The second kappa shape index (κ2) is 41.6. The van der Waals surface area contributed by atoms with Crippen molar-refractivity contribution in [3.05, 3.63) is 141 Å². The Labute approximate surface area is 795 Å². The average Bonchev–Trinajstić information content (AvgIpc) is 0.753. The van der Waals surface area contributed by atoms with Crippen LogP contribution in [-0.2, 0) is 62.1 Å². The molecule has 9 amide bonds. The predicted molar refractivity (Wildman–Crippen MR) is 490 cm³/mol. The first-order valence-corrected chi connectivity index (χ1v) is 46.1. The molecule has 4 aliphatic carbocycles. The van der Waals surface area contributed by atoms with Crippen molar-refractivity contribution in [2.45, 2.75) is 249 Å². The van der Waals surface area contributed by atoms with Crippen LogP contribution in [0.3, 0.4) is 0 Å². The van der Waals surface area contributed by atoms with Crippen molar-refractivity contribution in [3.63, 3.8) is 0 Å². The Kier molecular flexibility index (Phi) is 31.0. The van der Waals surface area contributed by atoms with Gasteiger partial charge in [0.15, 0.2) is 28.8 Å². The fourth-order valence-electron chi connectivity index (χ4n) is 19.0. The fraction of sp³-hybridized carbons (Fsp3) is 0.510. The van der Waals surface area contributed by atoms with Crippen LogP contribution in [0.1, 0.15) is 211 Å². The minimum Gasteiger partial charge on any atom is -0.508 e. The number of hydrogen-bond acceptors (Lipinski definition) is 28. The molecule has 6 heterocycles. The molecule has 1 saturated heterocycles. The molecule has 732 valence electrons. The molecular weight excluding hydrogens is 1810 g/mol. The maximum Gasteiger partial charge on any atom is 0.410 e. The number of hydrogen-bond donors (Lipinski definition) is 14. The third-order valence-electron chi connectivity index (χ3n) is 25.3. The second-order valence-corrected chi connectivity index (χ2v) is 40.5. The Morgan fingerprint density at radius 1 is 0.596 bits per heavy atom. The van der Waals surface area contributed by atoms with Crippen LogP contribution < -0.4 is 50.8 Å². The van der Waals surface area contributed by atoms with Crippen LogP contribution in [0.25, 0.3) is 11.1 Å².